The van der Waals surface area contributed by atoms with Crippen molar-refractivity contribution in [1.29, 1.82) is 0 Å². The van der Waals surface area contributed by atoms with Crippen molar-refractivity contribution in [3.63, 3.8) is 0 Å². The quantitative estimate of drug-likeness (QED) is 0.906. The van der Waals surface area contributed by atoms with E-state index >= 15 is 0 Å². The first-order valence-electron chi connectivity index (χ1n) is 7.33. The van der Waals surface area contributed by atoms with Crippen LogP contribution < -0.4 is 10.0 Å². The average Bonchev–Trinajstić information content (AvgIpc) is 2.99. The number of carboxylic acid groups (broad SMARTS) is 1. The van der Waals surface area contributed by atoms with Crippen LogP contribution in [0, 0.1) is 0 Å². The van der Waals surface area contributed by atoms with Gasteiger partial charge in [-0.2, -0.15) is 0 Å². The zero-order valence-corrected chi connectivity index (χ0v) is 12.6. The van der Waals surface area contributed by atoms with Crippen molar-refractivity contribution < 1.29 is 14.8 Å². The molecular formula is C16H18N2O2S. The number of quaternary nitrogens is 1. The first kappa shape index (κ1) is 14.2. The van der Waals surface area contributed by atoms with Crippen molar-refractivity contribution >= 4 is 17.3 Å². The third-order valence-electron chi connectivity index (χ3n) is 3.96. The number of hydrogen-bond donors (Lipinski definition) is 1. The van der Waals surface area contributed by atoms with E-state index in [4.69, 9.17) is 0 Å². The second-order valence-electron chi connectivity index (χ2n) is 5.47. The van der Waals surface area contributed by atoms with Crippen molar-refractivity contribution in [2.45, 2.75) is 25.8 Å². The predicted molar refractivity (Wildman–Crippen MR) is 80.1 cm³/mol. The van der Waals surface area contributed by atoms with Crippen LogP contribution in [-0.4, -0.2) is 24.0 Å². The van der Waals surface area contributed by atoms with E-state index in [0.29, 0.717) is 0 Å². The number of rotatable bonds is 4. The Hall–Kier alpha value is -1.72. The molecule has 21 heavy (non-hydrogen) atoms. The first-order chi connectivity index (χ1) is 10.2. The van der Waals surface area contributed by atoms with Crippen LogP contribution in [0.4, 0.5) is 0 Å². The summed E-state index contributed by atoms with van der Waals surface area (Å²) in [6.45, 7) is 3.42. The summed E-state index contributed by atoms with van der Waals surface area (Å²) in [5, 5.41) is 13.2. The SMILES string of the molecule is O=C([O-])c1csc(-c2ccccc2C[NH+]2CCCCC2)n1. The smallest absolute Gasteiger partial charge is 0.124 e. The van der Waals surface area contributed by atoms with E-state index in [2.05, 4.69) is 11.1 Å². The third-order valence-corrected chi connectivity index (χ3v) is 4.84. The molecule has 1 aromatic carbocycles. The molecule has 0 atom stereocenters. The second-order valence-corrected chi connectivity index (χ2v) is 6.33. The summed E-state index contributed by atoms with van der Waals surface area (Å²) in [7, 11) is 0. The van der Waals surface area contributed by atoms with Gasteiger partial charge in [0.05, 0.1) is 24.8 Å². The Bertz CT molecular complexity index is 633. The third kappa shape index (κ3) is 3.31. The van der Waals surface area contributed by atoms with Crippen LogP contribution >= 0.6 is 11.3 Å². The van der Waals surface area contributed by atoms with E-state index in [9.17, 15) is 9.90 Å². The molecular weight excluding hydrogens is 284 g/mol. The Morgan fingerprint density at radius 2 is 2.00 bits per heavy atom. The van der Waals surface area contributed by atoms with Crippen LogP contribution in [0.2, 0.25) is 0 Å². The molecule has 0 unspecified atom stereocenters. The number of piperidine rings is 1. The summed E-state index contributed by atoms with van der Waals surface area (Å²) in [6.07, 6.45) is 3.93. The number of thiazole rings is 1. The highest BCUT2D eigenvalue weighted by Crippen LogP contribution is 2.26. The van der Waals surface area contributed by atoms with Crippen molar-refractivity contribution in [3.05, 3.63) is 40.9 Å². The second kappa shape index (κ2) is 6.37. The fraction of sp³-hybridized carbons (Fsp3) is 0.375. The maximum atomic E-state index is 10.9. The summed E-state index contributed by atoms with van der Waals surface area (Å²) in [5.74, 6) is -1.21. The van der Waals surface area contributed by atoms with E-state index in [1.807, 2.05) is 18.2 Å². The Morgan fingerprint density at radius 3 is 2.71 bits per heavy atom. The number of benzene rings is 1. The lowest BCUT2D eigenvalue weighted by Gasteiger charge is -2.24. The maximum Gasteiger partial charge on any atom is 0.124 e. The summed E-state index contributed by atoms with van der Waals surface area (Å²) < 4.78 is 0. The minimum absolute atomic E-state index is 0.0233. The number of carbonyl (C=O) groups excluding carboxylic acids is 1. The van der Waals surface area contributed by atoms with Crippen LogP contribution in [0.15, 0.2) is 29.6 Å². The molecule has 3 rings (SSSR count). The zero-order valence-electron chi connectivity index (χ0n) is 11.8. The van der Waals surface area contributed by atoms with Crippen molar-refractivity contribution in [2.75, 3.05) is 13.1 Å². The molecule has 0 radical (unpaired) electrons. The van der Waals surface area contributed by atoms with Gasteiger partial charge in [-0.25, -0.2) is 4.98 Å². The molecule has 0 spiro atoms. The summed E-state index contributed by atoms with van der Waals surface area (Å²) in [6, 6.07) is 8.16. The highest BCUT2D eigenvalue weighted by molar-refractivity contribution is 7.13. The lowest BCUT2D eigenvalue weighted by atomic mass is 10.1. The Morgan fingerprint density at radius 1 is 1.24 bits per heavy atom. The standard InChI is InChI=1S/C16H18N2O2S/c19-16(20)14-11-21-15(17-14)13-7-3-2-6-12(13)10-18-8-4-1-5-9-18/h2-3,6-7,11H,1,4-5,8-10H2,(H,19,20). The van der Waals surface area contributed by atoms with Gasteiger partial charge < -0.3 is 14.8 Å². The number of nitrogens with one attached hydrogen (secondary N) is 1. The molecule has 1 fully saturated rings. The van der Waals surface area contributed by atoms with Crippen LogP contribution in [0.25, 0.3) is 10.6 Å². The van der Waals surface area contributed by atoms with Crippen LogP contribution in [-0.2, 0) is 6.54 Å². The van der Waals surface area contributed by atoms with Gasteiger partial charge in [-0.3, -0.25) is 0 Å². The molecule has 1 aliphatic rings. The fourth-order valence-electron chi connectivity index (χ4n) is 2.87. The highest BCUT2D eigenvalue weighted by atomic mass is 32.1. The van der Waals surface area contributed by atoms with E-state index in [1.165, 1.54) is 49.3 Å². The summed E-state index contributed by atoms with van der Waals surface area (Å²) in [4.78, 5) is 16.7. The van der Waals surface area contributed by atoms with Crippen molar-refractivity contribution in [1.82, 2.24) is 4.98 Å². The Labute approximate surface area is 128 Å². The number of carbonyl (C=O) groups is 1. The van der Waals surface area contributed by atoms with Crippen LogP contribution in [0.1, 0.15) is 35.3 Å². The fourth-order valence-corrected chi connectivity index (χ4v) is 3.72. The molecule has 0 bridgehead atoms. The monoisotopic (exact) mass is 302 g/mol. The molecule has 1 saturated heterocycles. The van der Waals surface area contributed by atoms with Gasteiger partial charge in [0, 0.05) is 16.5 Å². The van der Waals surface area contributed by atoms with Gasteiger partial charge in [0.2, 0.25) is 0 Å². The molecule has 1 N–H and O–H groups in total. The van der Waals surface area contributed by atoms with Gasteiger partial charge in [0.25, 0.3) is 0 Å². The van der Waals surface area contributed by atoms with Gasteiger partial charge in [0.15, 0.2) is 0 Å². The van der Waals surface area contributed by atoms with Crippen LogP contribution in [0.3, 0.4) is 0 Å². The molecule has 2 aromatic rings. The Kier molecular flexibility index (Phi) is 4.31. The highest BCUT2D eigenvalue weighted by Gasteiger charge is 2.17. The minimum Gasteiger partial charge on any atom is -0.543 e. The number of likely N-dealkylation sites (tertiary alicyclic amines) is 1. The number of nitrogens with zero attached hydrogens (tertiary/aromatic N) is 1. The van der Waals surface area contributed by atoms with E-state index in [0.717, 1.165) is 17.1 Å². The largest absolute Gasteiger partial charge is 0.543 e. The number of aromatic carboxylic acids is 1. The summed E-state index contributed by atoms with van der Waals surface area (Å²) in [5.41, 5.74) is 2.32. The molecule has 0 saturated carbocycles. The van der Waals surface area contributed by atoms with Gasteiger partial charge in [-0.15, -0.1) is 11.3 Å². The number of carboxylic acids is 1. The number of hydrogen-bond acceptors (Lipinski definition) is 4. The lowest BCUT2D eigenvalue weighted by Crippen LogP contribution is -3.11. The van der Waals surface area contributed by atoms with Crippen molar-refractivity contribution in [2.24, 2.45) is 0 Å². The van der Waals surface area contributed by atoms with Gasteiger partial charge in [-0.1, -0.05) is 24.3 Å². The van der Waals surface area contributed by atoms with Crippen LogP contribution in [0.5, 0.6) is 0 Å². The summed E-state index contributed by atoms with van der Waals surface area (Å²) >= 11 is 1.37. The molecule has 1 aromatic heterocycles. The molecule has 1 aliphatic heterocycles. The molecule has 0 aliphatic carbocycles. The topological polar surface area (TPSA) is 57.5 Å². The molecule has 5 heteroatoms. The average molecular weight is 302 g/mol. The van der Waals surface area contributed by atoms with E-state index < -0.39 is 5.97 Å². The molecule has 2 heterocycles. The van der Waals surface area contributed by atoms with Crippen molar-refractivity contribution in [3.8, 4) is 10.6 Å². The van der Waals surface area contributed by atoms with Gasteiger partial charge >= 0.3 is 0 Å². The molecule has 0 amide bonds. The maximum absolute atomic E-state index is 10.9. The zero-order chi connectivity index (χ0) is 14.7. The number of aromatic nitrogens is 1. The normalized spacial score (nSPS) is 16.0. The molecule has 110 valence electrons. The van der Waals surface area contributed by atoms with E-state index in [-0.39, 0.29) is 5.69 Å². The molecule has 4 nitrogen and oxygen atoms in total. The van der Waals surface area contributed by atoms with Gasteiger partial charge in [-0.05, 0) is 19.3 Å². The van der Waals surface area contributed by atoms with E-state index in [1.54, 1.807) is 10.3 Å². The lowest BCUT2D eigenvalue weighted by molar-refractivity contribution is -0.918. The predicted octanol–water partition coefficient (Wildman–Crippen LogP) is 0.742. The minimum atomic E-state index is -1.21. The Balaban J connectivity index is 1.85. The van der Waals surface area contributed by atoms with Gasteiger partial charge in [0.1, 0.15) is 11.6 Å². The first-order valence-corrected chi connectivity index (χ1v) is 8.21.